The highest BCUT2D eigenvalue weighted by Crippen LogP contribution is 2.46. The van der Waals surface area contributed by atoms with E-state index < -0.39 is 0 Å². The van der Waals surface area contributed by atoms with Crippen LogP contribution in [0.4, 0.5) is 0 Å². The summed E-state index contributed by atoms with van der Waals surface area (Å²) in [5.41, 5.74) is 27.2. The maximum atomic E-state index is 6.80. The molecule has 18 heteroatoms. The molecule has 0 N–H and O–H groups in total. The van der Waals surface area contributed by atoms with Crippen LogP contribution >= 0.6 is 0 Å². The molecular weight excluding hydrogens is 1510 g/mol. The van der Waals surface area contributed by atoms with E-state index in [1.165, 1.54) is 0 Å². The minimum Gasteiger partial charge on any atom is -0.487 e. The summed E-state index contributed by atoms with van der Waals surface area (Å²) >= 11 is 0. The van der Waals surface area contributed by atoms with E-state index in [1.807, 2.05) is 146 Å². The first-order valence-corrected chi connectivity index (χ1v) is 40.3. The van der Waals surface area contributed by atoms with Gasteiger partial charge in [0, 0.05) is 49.6 Å². The molecule has 0 aliphatic carbocycles. The standard InChI is InChI=1S/C104H76N12O6/c1-9-41-105-85(17-1)93-57-77(58-94(113-93)86-18-2-10-42-106-86)69-25-33-73(34-26-69)81-65-101-102(66-82(81)74-35-27-70(28-36-74)78-59-95(87-19-3-11-43-107-87)114-96(60-78)88-20-4-12-44-108-88)120-54-50-118-52-56-122-104-68-84(76-39-31-72(32-40-76)80-63-99(91-23-7-15-47-111-91)116-100(64-80)92-24-8-16-48-112-92)83(67-103(104)121-55-51-117-49-53-119-101)75-37-29-71(30-38-75)79-61-97(89-21-5-13-45-109-89)115-98(62-79)90-22-6-14-46-110-90/h1-48,57-68H,49-56H2. The second-order valence-electron chi connectivity index (χ2n) is 28.8. The summed E-state index contributed by atoms with van der Waals surface area (Å²) in [6.45, 7) is 1.72. The van der Waals surface area contributed by atoms with Gasteiger partial charge in [-0.1, -0.05) is 146 Å². The van der Waals surface area contributed by atoms with Crippen molar-refractivity contribution in [1.29, 1.82) is 0 Å². The van der Waals surface area contributed by atoms with Crippen molar-refractivity contribution < 1.29 is 28.4 Å². The first-order chi connectivity index (χ1) is 60.4. The van der Waals surface area contributed by atoms with Crippen LogP contribution < -0.4 is 18.9 Å². The van der Waals surface area contributed by atoms with Crippen molar-refractivity contribution in [1.82, 2.24) is 59.8 Å². The fourth-order valence-electron chi connectivity index (χ4n) is 14.9. The zero-order valence-electron chi connectivity index (χ0n) is 66.1. The summed E-state index contributed by atoms with van der Waals surface area (Å²) in [6, 6.07) is 106. The van der Waals surface area contributed by atoms with Gasteiger partial charge < -0.3 is 28.4 Å². The van der Waals surface area contributed by atoms with Crippen molar-refractivity contribution in [2.24, 2.45) is 0 Å². The van der Waals surface area contributed by atoms with Crippen molar-refractivity contribution in [3.8, 4) is 203 Å². The minimum atomic E-state index is 0.194. The highest BCUT2D eigenvalue weighted by molar-refractivity contribution is 5.91. The zero-order chi connectivity index (χ0) is 81.6. The van der Waals surface area contributed by atoms with Crippen LogP contribution in [0.1, 0.15) is 0 Å². The molecule has 0 fully saturated rings. The van der Waals surface area contributed by atoms with Gasteiger partial charge in [-0.25, -0.2) is 19.9 Å². The Morgan fingerprint density at radius 1 is 0.148 bits per heavy atom. The molecule has 0 saturated carbocycles. The van der Waals surface area contributed by atoms with E-state index in [4.69, 9.17) is 48.4 Å². The molecule has 18 nitrogen and oxygen atoms in total. The highest BCUT2D eigenvalue weighted by Gasteiger charge is 2.23. The lowest BCUT2D eigenvalue weighted by Crippen LogP contribution is -2.15. The Kier molecular flexibility index (Phi) is 22.5. The highest BCUT2D eigenvalue weighted by atomic mass is 16.6. The SMILES string of the molecule is c1ccc(-c2cc(-c3ccc(-c4cc5c(cc4-c4ccc(-c6cc(-c7ccccn7)nc(-c7ccccn7)c6)cc4)OCCOCCOc4cc(-c6ccc(-c7cc(-c8ccccn8)nc(-c8ccccn8)c7)cc6)c(-c6ccc(-c7cc(-c8ccccn8)nc(-c8ccccn8)c7)cc6)cc4OCCOCCO5)cc3)cc(-c3ccccn3)n2)nc1. The van der Waals surface area contributed by atoms with Gasteiger partial charge in [-0.05, 0) is 259 Å². The van der Waals surface area contributed by atoms with E-state index in [9.17, 15) is 0 Å². The molecule has 0 radical (unpaired) electrons. The molecule has 0 bridgehead atoms. The van der Waals surface area contributed by atoms with Gasteiger partial charge in [0.25, 0.3) is 0 Å². The largest absolute Gasteiger partial charge is 0.487 e. The number of aromatic nitrogens is 12. The number of fused-ring (bicyclic) bond motifs is 2. The van der Waals surface area contributed by atoms with Gasteiger partial charge in [0.05, 0.1) is 118 Å². The molecule has 0 amide bonds. The lowest BCUT2D eigenvalue weighted by molar-refractivity contribution is 0.0641. The van der Waals surface area contributed by atoms with E-state index in [0.29, 0.717) is 23.0 Å². The Morgan fingerprint density at radius 2 is 0.311 bits per heavy atom. The fourth-order valence-corrected chi connectivity index (χ4v) is 14.9. The normalized spacial score (nSPS) is 12.5. The number of hydrogen-bond acceptors (Lipinski definition) is 18. The molecule has 12 aromatic heterocycles. The Morgan fingerprint density at radius 3 is 0.467 bits per heavy atom. The van der Waals surface area contributed by atoms with E-state index in [2.05, 4.69) is 210 Å². The van der Waals surface area contributed by atoms with Crippen molar-refractivity contribution in [2.45, 2.75) is 0 Å². The molecule has 122 heavy (non-hydrogen) atoms. The quantitative estimate of drug-likeness (QED) is 0.0880. The summed E-state index contributed by atoms with van der Waals surface area (Å²) in [5, 5.41) is 0. The molecule has 0 unspecified atom stereocenters. The lowest BCUT2D eigenvalue weighted by atomic mass is 9.91. The van der Waals surface area contributed by atoms with Crippen molar-refractivity contribution in [3.05, 3.63) is 365 Å². The molecule has 0 spiro atoms. The van der Waals surface area contributed by atoms with Gasteiger partial charge in [-0.15, -0.1) is 0 Å². The summed E-state index contributed by atoms with van der Waals surface area (Å²) in [6.07, 6.45) is 14.3. The Balaban J connectivity index is 0.643. The van der Waals surface area contributed by atoms with Crippen LogP contribution in [-0.4, -0.2) is 113 Å². The fraction of sp³-hybridized carbons (Fsp3) is 0.0769. The molecule has 19 rings (SSSR count). The third-order valence-corrected chi connectivity index (χ3v) is 20.9. The number of pyridine rings is 12. The van der Waals surface area contributed by atoms with Crippen LogP contribution in [0.15, 0.2) is 365 Å². The first-order valence-electron chi connectivity index (χ1n) is 40.3. The van der Waals surface area contributed by atoms with Crippen molar-refractivity contribution in [3.63, 3.8) is 0 Å². The number of rotatable bonds is 16. The maximum absolute atomic E-state index is 6.80. The topological polar surface area (TPSA) is 210 Å². The average Bonchev–Trinajstić information content (AvgIpc) is 0.774. The predicted molar refractivity (Wildman–Crippen MR) is 477 cm³/mol. The van der Waals surface area contributed by atoms with Crippen LogP contribution in [-0.2, 0) is 9.47 Å². The van der Waals surface area contributed by atoms with E-state index in [0.717, 1.165) is 180 Å². The second-order valence-corrected chi connectivity index (χ2v) is 28.8. The third-order valence-electron chi connectivity index (χ3n) is 20.9. The summed E-state index contributed by atoms with van der Waals surface area (Å²) in [7, 11) is 0. The van der Waals surface area contributed by atoms with Crippen molar-refractivity contribution >= 4 is 0 Å². The van der Waals surface area contributed by atoms with Crippen LogP contribution in [0.2, 0.25) is 0 Å². The summed E-state index contributed by atoms with van der Waals surface area (Å²) < 4.78 is 40.0. The van der Waals surface area contributed by atoms with Gasteiger partial charge >= 0.3 is 0 Å². The van der Waals surface area contributed by atoms with Crippen LogP contribution in [0, 0.1) is 0 Å². The molecule has 1 aliphatic rings. The maximum Gasteiger partial charge on any atom is 0.161 e. The minimum absolute atomic E-state index is 0.194. The first kappa shape index (κ1) is 76.2. The smallest absolute Gasteiger partial charge is 0.161 e. The van der Waals surface area contributed by atoms with Gasteiger partial charge in [0.1, 0.15) is 26.4 Å². The number of nitrogens with zero attached hydrogens (tertiary/aromatic N) is 12. The van der Waals surface area contributed by atoms with E-state index >= 15 is 0 Å². The van der Waals surface area contributed by atoms with Gasteiger partial charge in [0.15, 0.2) is 23.0 Å². The Hall–Kier alpha value is -15.8. The molecule has 0 saturated heterocycles. The molecule has 6 aromatic carbocycles. The number of ether oxygens (including phenoxy) is 6. The Bertz CT molecular complexity index is 5600. The number of benzene rings is 6. The zero-order valence-corrected chi connectivity index (χ0v) is 66.1. The Labute approximate surface area is 705 Å². The second kappa shape index (κ2) is 36.0. The molecule has 1 aliphatic heterocycles. The number of hydrogen-bond donors (Lipinski definition) is 0. The van der Waals surface area contributed by atoms with Gasteiger partial charge in [-0.3, -0.25) is 39.9 Å². The van der Waals surface area contributed by atoms with Crippen LogP contribution in [0.3, 0.4) is 0 Å². The lowest BCUT2D eigenvalue weighted by Gasteiger charge is -2.20. The average molecular weight is 1590 g/mol. The van der Waals surface area contributed by atoms with E-state index in [-0.39, 0.29) is 52.9 Å². The van der Waals surface area contributed by atoms with Gasteiger partial charge in [-0.2, -0.15) is 0 Å². The van der Waals surface area contributed by atoms with Crippen molar-refractivity contribution in [2.75, 3.05) is 52.9 Å². The molecule has 588 valence electrons. The molecule has 18 aromatic rings. The van der Waals surface area contributed by atoms with Crippen LogP contribution in [0.5, 0.6) is 23.0 Å². The summed E-state index contributed by atoms with van der Waals surface area (Å²) in [4.78, 5) is 57.7. The third kappa shape index (κ3) is 17.5. The predicted octanol–water partition coefficient (Wildman–Crippen LogP) is 22.4. The monoisotopic (exact) mass is 1590 g/mol. The van der Waals surface area contributed by atoms with Crippen LogP contribution in [0.25, 0.3) is 180 Å². The summed E-state index contributed by atoms with van der Waals surface area (Å²) in [5.74, 6) is 2.15. The molecule has 0 atom stereocenters. The van der Waals surface area contributed by atoms with Gasteiger partial charge in [0.2, 0.25) is 0 Å². The molecular formula is C104H76N12O6. The molecule has 13 heterocycles. The van der Waals surface area contributed by atoms with E-state index in [1.54, 1.807) is 49.6 Å².